The van der Waals surface area contributed by atoms with E-state index in [4.69, 9.17) is 5.11 Å². The number of nitrogens with one attached hydrogen (secondary N) is 1. The summed E-state index contributed by atoms with van der Waals surface area (Å²) in [6, 6.07) is 5.11. The highest BCUT2D eigenvalue weighted by molar-refractivity contribution is 5.77. The molecule has 28 heavy (non-hydrogen) atoms. The van der Waals surface area contributed by atoms with E-state index in [1.807, 2.05) is 17.9 Å². The van der Waals surface area contributed by atoms with Crippen molar-refractivity contribution in [2.45, 2.75) is 64.1 Å². The van der Waals surface area contributed by atoms with Gasteiger partial charge in [0.15, 0.2) is 0 Å². The Morgan fingerprint density at radius 3 is 2.71 bits per heavy atom. The van der Waals surface area contributed by atoms with Crippen LogP contribution in [0.4, 0.5) is 9.18 Å². The number of carbonyl (C=O) groups is 2. The number of aryl methyl sites for hydroxylation is 1. The minimum absolute atomic E-state index is 0.0313. The third kappa shape index (κ3) is 5.01. The standard InChI is InChI=1S/C21H30FN3O3/c1-2-15-5-6-16(19(22)12-15)13-23-21(28)25(17-7-8-17)18-4-3-10-24(14-18)20(27)9-11-26/h5-6,12,17-18,26H,2-4,7-11,13-14H2,1H3,(H,23,28)/t18-/m1/s1. The predicted molar refractivity (Wildman–Crippen MR) is 104 cm³/mol. The second-order valence-electron chi connectivity index (χ2n) is 7.69. The van der Waals surface area contributed by atoms with Gasteiger partial charge in [-0.25, -0.2) is 9.18 Å². The monoisotopic (exact) mass is 391 g/mol. The van der Waals surface area contributed by atoms with Gasteiger partial charge in [0.2, 0.25) is 5.91 Å². The lowest BCUT2D eigenvalue weighted by molar-refractivity contribution is -0.133. The number of rotatable bonds is 7. The Kier molecular flexibility index (Phi) is 6.88. The van der Waals surface area contributed by atoms with Crippen LogP contribution >= 0.6 is 0 Å². The maximum absolute atomic E-state index is 14.2. The lowest BCUT2D eigenvalue weighted by atomic mass is 10.0. The minimum atomic E-state index is -0.295. The van der Waals surface area contributed by atoms with E-state index in [1.54, 1.807) is 11.0 Å². The number of aliphatic hydroxyl groups is 1. The zero-order valence-corrected chi connectivity index (χ0v) is 16.5. The Labute approximate surface area is 165 Å². The Bertz CT molecular complexity index is 708. The SMILES string of the molecule is CCc1ccc(CNC(=O)N(C2CC2)[C@@H]2CCCN(C(=O)CCO)C2)c(F)c1. The van der Waals surface area contributed by atoms with Crippen LogP contribution in [0.15, 0.2) is 18.2 Å². The third-order valence-corrected chi connectivity index (χ3v) is 5.60. The summed E-state index contributed by atoms with van der Waals surface area (Å²) < 4.78 is 14.2. The van der Waals surface area contributed by atoms with Gasteiger partial charge in [0.05, 0.1) is 12.6 Å². The average molecular weight is 391 g/mol. The van der Waals surface area contributed by atoms with Crippen LogP contribution in [-0.2, 0) is 17.8 Å². The molecule has 1 aromatic carbocycles. The number of carbonyl (C=O) groups excluding carboxylic acids is 2. The van der Waals surface area contributed by atoms with Crippen LogP contribution in [0.3, 0.4) is 0 Å². The molecule has 0 aromatic heterocycles. The molecule has 0 spiro atoms. The first-order chi connectivity index (χ1) is 13.5. The molecule has 1 aliphatic carbocycles. The molecule has 0 bridgehead atoms. The van der Waals surface area contributed by atoms with Gasteiger partial charge in [-0.3, -0.25) is 4.79 Å². The molecule has 2 aliphatic rings. The fraction of sp³-hybridized carbons (Fsp3) is 0.619. The van der Waals surface area contributed by atoms with Crippen molar-refractivity contribution in [3.63, 3.8) is 0 Å². The molecule has 1 heterocycles. The summed E-state index contributed by atoms with van der Waals surface area (Å²) in [6.45, 7) is 3.14. The molecule has 1 saturated carbocycles. The number of benzene rings is 1. The maximum atomic E-state index is 14.2. The minimum Gasteiger partial charge on any atom is -0.396 e. The highest BCUT2D eigenvalue weighted by Crippen LogP contribution is 2.31. The zero-order chi connectivity index (χ0) is 20.1. The fourth-order valence-corrected chi connectivity index (χ4v) is 3.86. The second kappa shape index (κ2) is 9.37. The van der Waals surface area contributed by atoms with E-state index in [1.165, 1.54) is 6.07 Å². The molecule has 2 N–H and O–H groups in total. The lowest BCUT2D eigenvalue weighted by Gasteiger charge is -2.39. The summed E-state index contributed by atoms with van der Waals surface area (Å²) in [6.07, 6.45) is 4.52. The molecule has 1 saturated heterocycles. The topological polar surface area (TPSA) is 72.9 Å². The Hall–Kier alpha value is -2.15. The quantitative estimate of drug-likeness (QED) is 0.750. The van der Waals surface area contributed by atoms with E-state index < -0.39 is 0 Å². The molecular formula is C21H30FN3O3. The molecule has 3 rings (SSSR count). The van der Waals surface area contributed by atoms with Crippen LogP contribution in [0.1, 0.15) is 50.2 Å². The van der Waals surface area contributed by atoms with Gasteiger partial charge in [0.1, 0.15) is 5.82 Å². The van der Waals surface area contributed by atoms with Gasteiger partial charge in [0.25, 0.3) is 0 Å². The van der Waals surface area contributed by atoms with Crippen LogP contribution in [0.2, 0.25) is 0 Å². The van der Waals surface area contributed by atoms with Crippen LogP contribution in [0.5, 0.6) is 0 Å². The molecule has 3 amide bonds. The first kappa shape index (κ1) is 20.6. The number of amides is 3. The summed E-state index contributed by atoms with van der Waals surface area (Å²) in [5, 5.41) is 11.9. The third-order valence-electron chi connectivity index (χ3n) is 5.60. The first-order valence-electron chi connectivity index (χ1n) is 10.3. The zero-order valence-electron chi connectivity index (χ0n) is 16.5. The summed E-state index contributed by atoms with van der Waals surface area (Å²) >= 11 is 0. The van der Waals surface area contributed by atoms with Crippen molar-refractivity contribution in [2.75, 3.05) is 19.7 Å². The normalized spacial score (nSPS) is 19.4. The van der Waals surface area contributed by atoms with Crippen molar-refractivity contribution in [3.05, 3.63) is 35.1 Å². The highest BCUT2D eigenvalue weighted by Gasteiger charge is 2.39. The number of urea groups is 1. The van der Waals surface area contributed by atoms with Crippen molar-refractivity contribution in [1.82, 2.24) is 15.1 Å². The van der Waals surface area contributed by atoms with Crippen molar-refractivity contribution in [2.24, 2.45) is 0 Å². The molecular weight excluding hydrogens is 361 g/mol. The average Bonchev–Trinajstić information content (AvgIpc) is 3.52. The maximum Gasteiger partial charge on any atom is 0.318 e. The van der Waals surface area contributed by atoms with Gasteiger partial charge in [-0.2, -0.15) is 0 Å². The summed E-state index contributed by atoms with van der Waals surface area (Å²) in [5.41, 5.74) is 1.41. The first-order valence-corrected chi connectivity index (χ1v) is 10.3. The summed E-state index contributed by atoms with van der Waals surface area (Å²) in [7, 11) is 0. The molecule has 2 fully saturated rings. The largest absolute Gasteiger partial charge is 0.396 e. The fourth-order valence-electron chi connectivity index (χ4n) is 3.86. The molecule has 1 aliphatic heterocycles. The van der Waals surface area contributed by atoms with Crippen LogP contribution in [0, 0.1) is 5.82 Å². The number of likely N-dealkylation sites (tertiary alicyclic amines) is 1. The molecule has 7 heteroatoms. The van der Waals surface area contributed by atoms with Crippen molar-refractivity contribution in [3.8, 4) is 0 Å². The van der Waals surface area contributed by atoms with Crippen molar-refractivity contribution in [1.29, 1.82) is 0 Å². The Morgan fingerprint density at radius 1 is 1.29 bits per heavy atom. The van der Waals surface area contributed by atoms with Crippen LogP contribution in [-0.4, -0.2) is 58.6 Å². The van der Waals surface area contributed by atoms with Gasteiger partial charge >= 0.3 is 6.03 Å². The molecule has 1 atom stereocenters. The second-order valence-corrected chi connectivity index (χ2v) is 7.69. The van der Waals surface area contributed by atoms with E-state index in [0.717, 1.165) is 37.7 Å². The van der Waals surface area contributed by atoms with E-state index >= 15 is 0 Å². The number of nitrogens with zero attached hydrogens (tertiary/aromatic N) is 2. The van der Waals surface area contributed by atoms with E-state index in [0.29, 0.717) is 18.7 Å². The number of hydrogen-bond acceptors (Lipinski definition) is 3. The molecule has 0 radical (unpaired) electrons. The van der Waals surface area contributed by atoms with Crippen LogP contribution in [0.25, 0.3) is 0 Å². The Balaban J connectivity index is 1.62. The van der Waals surface area contributed by atoms with Crippen molar-refractivity contribution >= 4 is 11.9 Å². The van der Waals surface area contributed by atoms with Gasteiger partial charge in [-0.1, -0.05) is 19.1 Å². The van der Waals surface area contributed by atoms with Gasteiger partial charge in [-0.05, 0) is 43.7 Å². The van der Waals surface area contributed by atoms with E-state index in [9.17, 15) is 14.0 Å². The van der Waals surface area contributed by atoms with E-state index in [-0.39, 0.29) is 49.4 Å². The Morgan fingerprint density at radius 2 is 2.07 bits per heavy atom. The highest BCUT2D eigenvalue weighted by atomic mass is 19.1. The molecule has 6 nitrogen and oxygen atoms in total. The number of halogens is 1. The van der Waals surface area contributed by atoms with Gasteiger partial charge in [0, 0.05) is 37.7 Å². The number of hydrogen-bond donors (Lipinski definition) is 2. The molecule has 0 unspecified atom stereocenters. The van der Waals surface area contributed by atoms with Gasteiger partial charge < -0.3 is 20.2 Å². The summed E-state index contributed by atoms with van der Waals surface area (Å²) in [4.78, 5) is 28.6. The number of piperidine rings is 1. The van der Waals surface area contributed by atoms with E-state index in [2.05, 4.69) is 5.32 Å². The smallest absolute Gasteiger partial charge is 0.318 e. The lowest BCUT2D eigenvalue weighted by Crippen LogP contribution is -2.55. The van der Waals surface area contributed by atoms with Gasteiger partial charge in [-0.15, -0.1) is 0 Å². The van der Waals surface area contributed by atoms with Crippen LogP contribution < -0.4 is 5.32 Å². The predicted octanol–water partition coefficient (Wildman–Crippen LogP) is 2.44. The summed E-state index contributed by atoms with van der Waals surface area (Å²) in [5.74, 6) is -0.363. The number of aliphatic hydroxyl groups excluding tert-OH is 1. The molecule has 154 valence electrons. The van der Waals surface area contributed by atoms with Crippen molar-refractivity contribution < 1.29 is 19.1 Å². The molecule has 1 aromatic rings.